The zero-order chi connectivity index (χ0) is 23.4. The fourth-order valence-electron chi connectivity index (χ4n) is 3.51. The molecule has 2 amide bonds. The summed E-state index contributed by atoms with van der Waals surface area (Å²) >= 11 is 0. The average Bonchev–Trinajstić information content (AvgIpc) is 3.59. The Hall–Kier alpha value is -3.98. The van der Waals surface area contributed by atoms with E-state index >= 15 is 0 Å². The van der Waals surface area contributed by atoms with Gasteiger partial charge in [0.1, 0.15) is 5.56 Å². The van der Waals surface area contributed by atoms with Gasteiger partial charge in [0.2, 0.25) is 11.9 Å². The lowest BCUT2D eigenvalue weighted by molar-refractivity contribution is -0.116. The van der Waals surface area contributed by atoms with Gasteiger partial charge in [-0.05, 0) is 57.3 Å². The highest BCUT2D eigenvalue weighted by Gasteiger charge is 2.33. The Morgan fingerprint density at radius 3 is 2.45 bits per heavy atom. The molecule has 1 aliphatic carbocycles. The Balaban J connectivity index is 1.62. The number of nitrogens with two attached hydrogens (primary N) is 1. The minimum absolute atomic E-state index is 0.107. The maximum absolute atomic E-state index is 12.1. The van der Waals surface area contributed by atoms with Crippen LogP contribution in [0.3, 0.4) is 0 Å². The molecule has 0 aliphatic heterocycles. The number of anilines is 5. The van der Waals surface area contributed by atoms with E-state index in [1.807, 2.05) is 67.5 Å². The van der Waals surface area contributed by atoms with Crippen molar-refractivity contribution in [3.8, 4) is 0 Å². The van der Waals surface area contributed by atoms with Gasteiger partial charge in [-0.2, -0.15) is 4.98 Å². The molecular weight excluding hydrogens is 418 g/mol. The number of para-hydroxylation sites is 1. The third-order valence-corrected chi connectivity index (χ3v) is 5.07. The summed E-state index contributed by atoms with van der Waals surface area (Å²) in [6.45, 7) is 0.287. The first-order chi connectivity index (χ1) is 15.9. The predicted octanol–water partition coefficient (Wildman–Crippen LogP) is 3.12. The van der Waals surface area contributed by atoms with Crippen LogP contribution in [0.2, 0.25) is 0 Å². The Morgan fingerprint density at radius 1 is 1.06 bits per heavy atom. The van der Waals surface area contributed by atoms with Crippen LogP contribution >= 0.6 is 0 Å². The van der Waals surface area contributed by atoms with Crippen molar-refractivity contribution in [2.24, 2.45) is 5.73 Å². The number of primary amides is 1. The molecule has 170 valence electrons. The van der Waals surface area contributed by atoms with E-state index in [9.17, 15) is 9.59 Å². The number of hydrogen-bond donors (Lipinski definition) is 3. The largest absolute Gasteiger partial charge is 0.365 e. The molecule has 4 rings (SSSR count). The van der Waals surface area contributed by atoms with E-state index in [0.717, 1.165) is 18.5 Å². The monoisotopic (exact) mass is 445 g/mol. The summed E-state index contributed by atoms with van der Waals surface area (Å²) in [6, 6.07) is 17.4. The van der Waals surface area contributed by atoms with Gasteiger partial charge in [-0.1, -0.05) is 24.3 Å². The Morgan fingerprint density at radius 2 is 1.79 bits per heavy atom. The zero-order valence-corrected chi connectivity index (χ0v) is 18.7. The summed E-state index contributed by atoms with van der Waals surface area (Å²) in [5.41, 5.74) is 8.21. The molecule has 1 saturated carbocycles. The maximum Gasteiger partial charge on any atom is 0.254 e. The summed E-state index contributed by atoms with van der Waals surface area (Å²) in [6.07, 6.45) is 3.47. The van der Waals surface area contributed by atoms with Crippen molar-refractivity contribution in [2.75, 3.05) is 36.2 Å². The van der Waals surface area contributed by atoms with Crippen LogP contribution in [0.25, 0.3) is 0 Å². The van der Waals surface area contributed by atoms with Gasteiger partial charge in [0.05, 0.1) is 6.54 Å². The van der Waals surface area contributed by atoms with Crippen LogP contribution in [0.15, 0.2) is 60.8 Å². The molecule has 9 heteroatoms. The third kappa shape index (κ3) is 5.64. The van der Waals surface area contributed by atoms with Gasteiger partial charge in [-0.3, -0.25) is 9.59 Å². The molecule has 3 aromatic rings. The molecule has 1 fully saturated rings. The van der Waals surface area contributed by atoms with Gasteiger partial charge < -0.3 is 26.2 Å². The van der Waals surface area contributed by atoms with Crippen molar-refractivity contribution in [3.05, 3.63) is 66.4 Å². The Labute approximate surface area is 192 Å². The van der Waals surface area contributed by atoms with Gasteiger partial charge in [-0.25, -0.2) is 4.98 Å². The number of amides is 2. The SMILES string of the molecule is CN(C)CC(=O)Nc1cccc(Nc2ncc(C(N)=O)c(N(c3ccccc3)C3CC3)n2)c1. The van der Waals surface area contributed by atoms with Crippen molar-refractivity contribution in [1.29, 1.82) is 0 Å². The van der Waals surface area contributed by atoms with Crippen molar-refractivity contribution < 1.29 is 9.59 Å². The molecule has 1 aliphatic rings. The number of nitrogens with zero attached hydrogens (tertiary/aromatic N) is 4. The van der Waals surface area contributed by atoms with Gasteiger partial charge in [0.15, 0.2) is 5.82 Å². The van der Waals surface area contributed by atoms with Crippen LogP contribution < -0.4 is 21.3 Å². The van der Waals surface area contributed by atoms with Crippen molar-refractivity contribution in [3.63, 3.8) is 0 Å². The van der Waals surface area contributed by atoms with Crippen LogP contribution in [-0.2, 0) is 4.79 Å². The second kappa shape index (κ2) is 9.66. The number of benzene rings is 2. The van der Waals surface area contributed by atoms with E-state index in [1.165, 1.54) is 6.20 Å². The highest BCUT2D eigenvalue weighted by Crippen LogP contribution is 2.39. The molecule has 33 heavy (non-hydrogen) atoms. The first-order valence-corrected chi connectivity index (χ1v) is 10.7. The van der Waals surface area contributed by atoms with E-state index in [0.29, 0.717) is 23.1 Å². The highest BCUT2D eigenvalue weighted by molar-refractivity contribution is 5.98. The van der Waals surface area contributed by atoms with E-state index in [1.54, 1.807) is 11.0 Å². The summed E-state index contributed by atoms with van der Waals surface area (Å²) in [7, 11) is 3.67. The molecule has 1 heterocycles. The third-order valence-electron chi connectivity index (χ3n) is 5.07. The van der Waals surface area contributed by atoms with E-state index in [4.69, 9.17) is 5.73 Å². The summed E-state index contributed by atoms with van der Waals surface area (Å²) < 4.78 is 0. The van der Waals surface area contributed by atoms with Crippen molar-refractivity contribution in [1.82, 2.24) is 14.9 Å². The van der Waals surface area contributed by atoms with Crippen LogP contribution in [0.5, 0.6) is 0 Å². The number of rotatable bonds is 9. The normalized spacial score (nSPS) is 12.9. The van der Waals surface area contributed by atoms with Gasteiger partial charge in [0.25, 0.3) is 5.91 Å². The summed E-state index contributed by atoms with van der Waals surface area (Å²) in [5, 5.41) is 6.03. The zero-order valence-electron chi connectivity index (χ0n) is 18.7. The van der Waals surface area contributed by atoms with E-state index < -0.39 is 5.91 Å². The molecule has 1 aromatic heterocycles. The lowest BCUT2D eigenvalue weighted by Gasteiger charge is -2.25. The van der Waals surface area contributed by atoms with Crippen LogP contribution in [0, 0.1) is 0 Å². The molecule has 0 atom stereocenters. The van der Waals surface area contributed by atoms with Gasteiger partial charge in [0, 0.05) is 29.3 Å². The smallest absolute Gasteiger partial charge is 0.254 e. The molecule has 0 saturated heterocycles. The van der Waals surface area contributed by atoms with E-state index in [-0.39, 0.29) is 24.1 Å². The Kier molecular flexibility index (Phi) is 6.50. The molecule has 2 aromatic carbocycles. The highest BCUT2D eigenvalue weighted by atomic mass is 16.2. The second-order valence-corrected chi connectivity index (χ2v) is 8.22. The quantitative estimate of drug-likeness (QED) is 0.463. The number of carbonyl (C=O) groups excluding carboxylic acids is 2. The predicted molar refractivity (Wildman–Crippen MR) is 129 cm³/mol. The number of aromatic nitrogens is 2. The minimum atomic E-state index is -0.580. The van der Waals surface area contributed by atoms with E-state index in [2.05, 4.69) is 20.6 Å². The minimum Gasteiger partial charge on any atom is -0.365 e. The second-order valence-electron chi connectivity index (χ2n) is 8.22. The lowest BCUT2D eigenvalue weighted by atomic mass is 10.2. The Bertz CT molecular complexity index is 1150. The summed E-state index contributed by atoms with van der Waals surface area (Å²) in [5.74, 6) is 0.116. The fraction of sp³-hybridized carbons (Fsp3) is 0.250. The topological polar surface area (TPSA) is 116 Å². The molecule has 9 nitrogen and oxygen atoms in total. The number of likely N-dealkylation sites (N-methyl/N-ethyl adjacent to an activating group) is 1. The van der Waals surface area contributed by atoms with Gasteiger partial charge >= 0.3 is 0 Å². The molecular formula is C24H27N7O2. The average molecular weight is 446 g/mol. The molecule has 0 spiro atoms. The standard InChI is InChI=1S/C24H27N7O2/c1-30(2)15-21(32)27-16-7-6-8-17(13-16)28-24-26-14-20(22(25)33)23(29-24)31(19-11-12-19)18-9-4-3-5-10-18/h3-10,13-14,19H,11-12,15H2,1-2H3,(H2,25,33)(H,27,32)(H,26,28,29). The summed E-state index contributed by atoms with van der Waals surface area (Å²) in [4.78, 5) is 37.0. The molecule has 0 radical (unpaired) electrons. The number of nitrogens with one attached hydrogen (secondary N) is 2. The first kappa shape index (κ1) is 22.2. The number of hydrogen-bond acceptors (Lipinski definition) is 7. The van der Waals surface area contributed by atoms with Crippen LogP contribution in [0.4, 0.5) is 28.8 Å². The molecule has 0 unspecified atom stereocenters. The fourth-order valence-corrected chi connectivity index (χ4v) is 3.51. The maximum atomic E-state index is 12.1. The molecule has 4 N–H and O–H groups in total. The molecule has 0 bridgehead atoms. The first-order valence-electron chi connectivity index (χ1n) is 10.7. The van der Waals surface area contributed by atoms with Gasteiger partial charge in [-0.15, -0.1) is 0 Å². The van der Waals surface area contributed by atoms with Crippen molar-refractivity contribution in [2.45, 2.75) is 18.9 Å². The van der Waals surface area contributed by atoms with Crippen molar-refractivity contribution >= 4 is 40.6 Å². The lowest BCUT2D eigenvalue weighted by Crippen LogP contribution is -2.27. The van der Waals surface area contributed by atoms with Crippen LogP contribution in [0.1, 0.15) is 23.2 Å². The van der Waals surface area contributed by atoms with Crippen LogP contribution in [-0.4, -0.2) is 53.4 Å². The number of carbonyl (C=O) groups is 2.